The third-order valence-corrected chi connectivity index (χ3v) is 3.50. The van der Waals surface area contributed by atoms with Gasteiger partial charge in [-0.25, -0.2) is 4.39 Å². The molecule has 0 spiro atoms. The second kappa shape index (κ2) is 8.70. The van der Waals surface area contributed by atoms with Crippen molar-refractivity contribution in [1.29, 1.82) is 5.26 Å². The lowest BCUT2D eigenvalue weighted by atomic mass is 10.1. The van der Waals surface area contributed by atoms with Crippen molar-refractivity contribution in [2.24, 2.45) is 0 Å². The van der Waals surface area contributed by atoms with Crippen molar-refractivity contribution < 1.29 is 9.18 Å². The molecule has 6 heteroatoms. The van der Waals surface area contributed by atoms with Crippen molar-refractivity contribution in [3.8, 4) is 6.07 Å². The number of carbonyl (C=O) groups excluding carboxylic acids is 1. The van der Waals surface area contributed by atoms with E-state index in [0.717, 1.165) is 5.56 Å². The molecule has 24 heavy (non-hydrogen) atoms. The molecule has 2 aromatic carbocycles. The molecule has 0 unspecified atom stereocenters. The molecule has 4 nitrogen and oxygen atoms in total. The Morgan fingerprint density at radius 3 is 2.67 bits per heavy atom. The van der Waals surface area contributed by atoms with E-state index in [1.807, 2.05) is 36.4 Å². The summed E-state index contributed by atoms with van der Waals surface area (Å²) in [4.78, 5) is 12.0. The lowest BCUT2D eigenvalue weighted by molar-refractivity contribution is -0.117. The smallest absolute Gasteiger partial charge is 0.263 e. The molecule has 0 aliphatic carbocycles. The van der Waals surface area contributed by atoms with E-state index in [0.29, 0.717) is 18.7 Å². The number of amides is 1. The molecule has 0 aromatic heterocycles. The van der Waals surface area contributed by atoms with Crippen molar-refractivity contribution in [1.82, 2.24) is 5.32 Å². The zero-order valence-electron chi connectivity index (χ0n) is 12.7. The molecule has 0 saturated heterocycles. The van der Waals surface area contributed by atoms with E-state index in [-0.39, 0.29) is 10.6 Å². The summed E-state index contributed by atoms with van der Waals surface area (Å²) in [5.41, 5.74) is 1.49. The highest BCUT2D eigenvalue weighted by Crippen LogP contribution is 2.19. The van der Waals surface area contributed by atoms with Crippen LogP contribution in [-0.4, -0.2) is 12.5 Å². The summed E-state index contributed by atoms with van der Waals surface area (Å²) in [7, 11) is 0. The number of carbonyl (C=O) groups is 1. The highest BCUT2D eigenvalue weighted by Gasteiger charge is 2.08. The maximum atomic E-state index is 13.1. The van der Waals surface area contributed by atoms with E-state index in [9.17, 15) is 9.18 Å². The SMILES string of the molecule is N#C/C(=C/Nc1ccc(F)c(Cl)c1)C(=O)NCCc1ccccc1. The quantitative estimate of drug-likeness (QED) is 0.621. The van der Waals surface area contributed by atoms with E-state index in [1.54, 1.807) is 0 Å². The third kappa shape index (κ3) is 5.11. The topological polar surface area (TPSA) is 64.9 Å². The first-order valence-corrected chi connectivity index (χ1v) is 7.62. The van der Waals surface area contributed by atoms with Gasteiger partial charge >= 0.3 is 0 Å². The zero-order valence-corrected chi connectivity index (χ0v) is 13.5. The molecule has 0 aliphatic rings. The summed E-state index contributed by atoms with van der Waals surface area (Å²) >= 11 is 5.67. The van der Waals surface area contributed by atoms with Crippen molar-refractivity contribution >= 4 is 23.2 Å². The first-order valence-electron chi connectivity index (χ1n) is 7.24. The summed E-state index contributed by atoms with van der Waals surface area (Å²) in [6.07, 6.45) is 1.94. The first-order chi connectivity index (χ1) is 11.6. The van der Waals surface area contributed by atoms with Crippen LogP contribution in [0.15, 0.2) is 60.3 Å². The molecule has 0 radical (unpaired) electrons. The van der Waals surface area contributed by atoms with Gasteiger partial charge in [0.2, 0.25) is 0 Å². The van der Waals surface area contributed by atoms with E-state index in [1.165, 1.54) is 24.4 Å². The molecular weight excluding hydrogens is 329 g/mol. The Kier molecular flexibility index (Phi) is 6.35. The van der Waals surface area contributed by atoms with Crippen LogP contribution in [0.4, 0.5) is 10.1 Å². The molecule has 0 atom stereocenters. The highest BCUT2D eigenvalue weighted by atomic mass is 35.5. The number of benzene rings is 2. The number of hydrogen-bond donors (Lipinski definition) is 2. The summed E-state index contributed by atoms with van der Waals surface area (Å²) in [6.45, 7) is 0.421. The normalized spacial score (nSPS) is 10.8. The lowest BCUT2D eigenvalue weighted by Crippen LogP contribution is -2.27. The van der Waals surface area contributed by atoms with Crippen LogP contribution in [0, 0.1) is 17.1 Å². The Hall–Kier alpha value is -2.84. The number of anilines is 1. The summed E-state index contributed by atoms with van der Waals surface area (Å²) in [5.74, 6) is -1.01. The maximum absolute atomic E-state index is 13.1. The minimum atomic E-state index is -0.537. The molecule has 0 bridgehead atoms. The van der Waals surface area contributed by atoms with Gasteiger partial charge in [-0.2, -0.15) is 5.26 Å². The summed E-state index contributed by atoms with van der Waals surface area (Å²) in [6, 6.07) is 15.6. The van der Waals surface area contributed by atoms with Gasteiger partial charge in [0.05, 0.1) is 5.02 Å². The minimum Gasteiger partial charge on any atom is -0.360 e. The first kappa shape index (κ1) is 17.5. The van der Waals surface area contributed by atoms with Crippen LogP contribution in [0.5, 0.6) is 0 Å². The predicted molar refractivity (Wildman–Crippen MR) is 91.9 cm³/mol. The second-order valence-corrected chi connectivity index (χ2v) is 5.34. The minimum absolute atomic E-state index is 0.0424. The summed E-state index contributed by atoms with van der Waals surface area (Å²) in [5, 5.41) is 14.5. The van der Waals surface area contributed by atoms with Gasteiger partial charge in [-0.3, -0.25) is 4.79 Å². The fraction of sp³-hybridized carbons (Fsp3) is 0.111. The van der Waals surface area contributed by atoms with Crippen LogP contribution in [0.1, 0.15) is 5.56 Å². The van der Waals surface area contributed by atoms with Gasteiger partial charge in [-0.05, 0) is 30.2 Å². The van der Waals surface area contributed by atoms with Crippen molar-refractivity contribution in [2.75, 3.05) is 11.9 Å². The molecule has 1 amide bonds. The van der Waals surface area contributed by atoms with Gasteiger partial charge in [-0.1, -0.05) is 41.9 Å². The number of hydrogen-bond acceptors (Lipinski definition) is 3. The third-order valence-electron chi connectivity index (χ3n) is 3.21. The standard InChI is InChI=1S/C18H15ClFN3O/c19-16-10-15(6-7-17(16)20)23-12-14(11-21)18(24)22-9-8-13-4-2-1-3-5-13/h1-7,10,12,23H,8-9H2,(H,22,24)/b14-12-. The number of nitrogens with zero attached hydrogens (tertiary/aromatic N) is 1. The van der Waals surface area contributed by atoms with Gasteiger partial charge in [0.1, 0.15) is 17.5 Å². The molecule has 0 fully saturated rings. The Morgan fingerprint density at radius 1 is 1.25 bits per heavy atom. The molecule has 0 aliphatic heterocycles. The van der Waals surface area contributed by atoms with Crippen molar-refractivity contribution in [3.05, 3.63) is 76.7 Å². The fourth-order valence-corrected chi connectivity index (χ4v) is 2.13. The fourth-order valence-electron chi connectivity index (χ4n) is 1.95. The number of nitriles is 1. The predicted octanol–water partition coefficient (Wildman–Crippen LogP) is 3.66. The second-order valence-electron chi connectivity index (χ2n) is 4.93. The monoisotopic (exact) mass is 343 g/mol. The van der Waals surface area contributed by atoms with Crippen LogP contribution in [-0.2, 0) is 11.2 Å². The van der Waals surface area contributed by atoms with Gasteiger partial charge in [0, 0.05) is 18.4 Å². The molecule has 122 valence electrons. The van der Waals surface area contributed by atoms with Crippen LogP contribution < -0.4 is 10.6 Å². The van der Waals surface area contributed by atoms with E-state index in [2.05, 4.69) is 10.6 Å². The Morgan fingerprint density at radius 2 is 2.00 bits per heavy atom. The largest absolute Gasteiger partial charge is 0.360 e. The Labute approximate surface area is 144 Å². The molecule has 2 N–H and O–H groups in total. The van der Waals surface area contributed by atoms with Crippen LogP contribution in [0.2, 0.25) is 5.02 Å². The molecule has 2 aromatic rings. The van der Waals surface area contributed by atoms with Crippen LogP contribution >= 0.6 is 11.6 Å². The van der Waals surface area contributed by atoms with Crippen molar-refractivity contribution in [3.63, 3.8) is 0 Å². The van der Waals surface area contributed by atoms with Gasteiger partial charge in [-0.15, -0.1) is 0 Å². The lowest BCUT2D eigenvalue weighted by Gasteiger charge is -2.06. The molecular formula is C18H15ClFN3O. The number of halogens is 2. The van der Waals surface area contributed by atoms with E-state index < -0.39 is 11.7 Å². The van der Waals surface area contributed by atoms with E-state index in [4.69, 9.17) is 16.9 Å². The summed E-state index contributed by atoms with van der Waals surface area (Å²) < 4.78 is 13.1. The molecule has 2 rings (SSSR count). The molecule has 0 saturated carbocycles. The zero-order chi connectivity index (χ0) is 17.4. The molecule has 0 heterocycles. The average Bonchev–Trinajstić information content (AvgIpc) is 2.59. The van der Waals surface area contributed by atoms with E-state index >= 15 is 0 Å². The van der Waals surface area contributed by atoms with Gasteiger partial charge in [0.25, 0.3) is 5.91 Å². The number of nitrogens with one attached hydrogen (secondary N) is 2. The Bertz CT molecular complexity index is 785. The highest BCUT2D eigenvalue weighted by molar-refractivity contribution is 6.31. The average molecular weight is 344 g/mol. The van der Waals surface area contributed by atoms with Crippen molar-refractivity contribution in [2.45, 2.75) is 6.42 Å². The Balaban J connectivity index is 1.90. The maximum Gasteiger partial charge on any atom is 0.263 e. The van der Waals surface area contributed by atoms with Crippen LogP contribution in [0.3, 0.4) is 0 Å². The van der Waals surface area contributed by atoms with Crippen LogP contribution in [0.25, 0.3) is 0 Å². The van der Waals surface area contributed by atoms with Gasteiger partial charge < -0.3 is 10.6 Å². The number of rotatable bonds is 6. The van der Waals surface area contributed by atoms with Gasteiger partial charge in [0.15, 0.2) is 0 Å².